The first-order valence-electron chi connectivity index (χ1n) is 4.93. The number of rotatable bonds is 2. The molecule has 0 atom stereocenters. The van der Waals surface area contributed by atoms with E-state index in [4.69, 9.17) is 11.6 Å². The Bertz CT molecular complexity index is 595. The molecule has 2 aromatic rings. The van der Waals surface area contributed by atoms with Gasteiger partial charge in [0, 0.05) is 11.5 Å². The second kappa shape index (κ2) is 5.07. The first-order chi connectivity index (χ1) is 8.49. The molecule has 1 N–H and O–H groups in total. The Kier molecular flexibility index (Phi) is 3.68. The fourth-order valence-electron chi connectivity index (χ4n) is 1.44. The number of carbonyl (C=O) groups excluding carboxylic acids is 1. The predicted octanol–water partition coefficient (Wildman–Crippen LogP) is 3.23. The van der Waals surface area contributed by atoms with Crippen molar-refractivity contribution in [3.05, 3.63) is 45.4 Å². The van der Waals surface area contributed by atoms with E-state index in [-0.39, 0.29) is 16.4 Å². The Morgan fingerprint density at radius 1 is 1.56 bits per heavy atom. The summed E-state index contributed by atoms with van der Waals surface area (Å²) in [5.41, 5.74) is 0.263. The van der Waals surface area contributed by atoms with Gasteiger partial charge in [0.25, 0.3) is 5.91 Å². The number of hydrogen-bond donors (Lipinski definition) is 1. The molecule has 0 aliphatic rings. The smallest absolute Gasteiger partial charge is 0.275 e. The molecular formula is C11H8BrClFN3O. The van der Waals surface area contributed by atoms with Crippen molar-refractivity contribution >= 4 is 39.1 Å². The molecule has 1 heterocycles. The van der Waals surface area contributed by atoms with Gasteiger partial charge >= 0.3 is 0 Å². The van der Waals surface area contributed by atoms with Crippen LogP contribution >= 0.6 is 27.5 Å². The largest absolute Gasteiger partial charge is 0.318 e. The highest BCUT2D eigenvalue weighted by Gasteiger charge is 2.17. The summed E-state index contributed by atoms with van der Waals surface area (Å²) in [6.45, 7) is 0. The van der Waals surface area contributed by atoms with Crippen LogP contribution in [0.4, 0.5) is 10.1 Å². The Morgan fingerprint density at radius 3 is 2.83 bits per heavy atom. The van der Waals surface area contributed by atoms with Crippen LogP contribution < -0.4 is 5.32 Å². The molecule has 4 nitrogen and oxygen atoms in total. The standard InChI is InChI=1S/C11H8BrClFN3O/c1-17-10(7(13)5-15-17)11(18)16-9-3-2-6(12)4-8(9)14/h2-5H,1H3,(H,16,18). The van der Waals surface area contributed by atoms with Gasteiger partial charge in [0.05, 0.1) is 16.9 Å². The van der Waals surface area contributed by atoms with Gasteiger partial charge < -0.3 is 5.32 Å². The molecule has 0 unspecified atom stereocenters. The van der Waals surface area contributed by atoms with Crippen molar-refractivity contribution in [3.8, 4) is 0 Å². The van der Waals surface area contributed by atoms with E-state index in [2.05, 4.69) is 26.3 Å². The SMILES string of the molecule is Cn1ncc(Cl)c1C(=O)Nc1ccc(Br)cc1F. The van der Waals surface area contributed by atoms with Crippen LogP contribution in [0.2, 0.25) is 5.02 Å². The molecule has 94 valence electrons. The third-order valence-electron chi connectivity index (χ3n) is 2.29. The summed E-state index contributed by atoms with van der Waals surface area (Å²) in [5.74, 6) is -1.04. The minimum atomic E-state index is -0.531. The van der Waals surface area contributed by atoms with E-state index in [1.54, 1.807) is 13.1 Å². The molecule has 0 radical (unpaired) electrons. The molecule has 2 rings (SSSR count). The summed E-state index contributed by atoms with van der Waals surface area (Å²) in [7, 11) is 1.58. The van der Waals surface area contributed by atoms with Crippen LogP contribution in [0.25, 0.3) is 0 Å². The van der Waals surface area contributed by atoms with Gasteiger partial charge in [-0.2, -0.15) is 5.10 Å². The molecule has 1 amide bonds. The van der Waals surface area contributed by atoms with Crippen molar-refractivity contribution in [3.63, 3.8) is 0 Å². The van der Waals surface area contributed by atoms with E-state index in [0.717, 1.165) is 0 Å². The summed E-state index contributed by atoms with van der Waals surface area (Å²) >= 11 is 8.96. The van der Waals surface area contributed by atoms with Crippen molar-refractivity contribution in [1.29, 1.82) is 0 Å². The average Bonchev–Trinajstić information content (AvgIpc) is 2.62. The van der Waals surface area contributed by atoms with Gasteiger partial charge in [-0.25, -0.2) is 4.39 Å². The average molecular weight is 333 g/mol. The van der Waals surface area contributed by atoms with Crippen molar-refractivity contribution in [2.45, 2.75) is 0 Å². The first kappa shape index (κ1) is 13.0. The maximum Gasteiger partial charge on any atom is 0.275 e. The van der Waals surface area contributed by atoms with Crippen LogP contribution in [0, 0.1) is 5.82 Å². The Morgan fingerprint density at radius 2 is 2.28 bits per heavy atom. The lowest BCUT2D eigenvalue weighted by Crippen LogP contribution is -2.17. The molecule has 18 heavy (non-hydrogen) atoms. The number of aromatic nitrogens is 2. The zero-order valence-electron chi connectivity index (χ0n) is 9.25. The van der Waals surface area contributed by atoms with Gasteiger partial charge in [-0.05, 0) is 18.2 Å². The summed E-state index contributed by atoms with van der Waals surface area (Å²) < 4.78 is 15.5. The topological polar surface area (TPSA) is 46.9 Å². The van der Waals surface area contributed by atoms with Crippen LogP contribution in [0.3, 0.4) is 0 Å². The van der Waals surface area contributed by atoms with Crippen molar-refractivity contribution in [2.24, 2.45) is 7.05 Å². The maximum atomic E-state index is 13.6. The number of anilines is 1. The van der Waals surface area contributed by atoms with Gasteiger partial charge in [0.1, 0.15) is 11.5 Å². The van der Waals surface area contributed by atoms with Crippen molar-refractivity contribution in [1.82, 2.24) is 9.78 Å². The van der Waals surface area contributed by atoms with E-state index < -0.39 is 11.7 Å². The van der Waals surface area contributed by atoms with E-state index in [0.29, 0.717) is 4.47 Å². The van der Waals surface area contributed by atoms with E-state index in [1.807, 2.05) is 0 Å². The Labute approximate surface area is 116 Å². The molecule has 1 aromatic heterocycles. The summed E-state index contributed by atoms with van der Waals surface area (Å²) in [4.78, 5) is 11.9. The van der Waals surface area contributed by atoms with E-state index >= 15 is 0 Å². The molecule has 0 saturated carbocycles. The van der Waals surface area contributed by atoms with Crippen LogP contribution in [-0.2, 0) is 7.05 Å². The van der Waals surface area contributed by atoms with Gasteiger partial charge in [0.2, 0.25) is 0 Å². The van der Waals surface area contributed by atoms with Crippen LogP contribution in [0.5, 0.6) is 0 Å². The van der Waals surface area contributed by atoms with Crippen molar-refractivity contribution in [2.75, 3.05) is 5.32 Å². The lowest BCUT2D eigenvalue weighted by molar-refractivity contribution is 0.101. The highest BCUT2D eigenvalue weighted by atomic mass is 79.9. The molecule has 7 heteroatoms. The molecule has 1 aromatic carbocycles. The number of benzene rings is 1. The molecule has 0 saturated heterocycles. The lowest BCUT2D eigenvalue weighted by Gasteiger charge is -2.07. The quantitative estimate of drug-likeness (QED) is 0.918. The van der Waals surface area contributed by atoms with Gasteiger partial charge in [-0.3, -0.25) is 9.48 Å². The Hall–Kier alpha value is -1.40. The molecular weight excluding hydrogens is 324 g/mol. The summed E-state index contributed by atoms with van der Waals surface area (Å²) in [6.07, 6.45) is 1.36. The molecule has 0 aliphatic heterocycles. The summed E-state index contributed by atoms with van der Waals surface area (Å²) in [6, 6.07) is 4.35. The minimum absolute atomic E-state index is 0.0838. The monoisotopic (exact) mass is 331 g/mol. The molecule has 0 fully saturated rings. The zero-order valence-corrected chi connectivity index (χ0v) is 11.6. The van der Waals surface area contributed by atoms with E-state index in [1.165, 1.54) is 23.0 Å². The number of nitrogens with one attached hydrogen (secondary N) is 1. The maximum absolute atomic E-state index is 13.6. The minimum Gasteiger partial charge on any atom is -0.318 e. The van der Waals surface area contributed by atoms with Crippen LogP contribution in [0.1, 0.15) is 10.5 Å². The van der Waals surface area contributed by atoms with E-state index in [9.17, 15) is 9.18 Å². The molecule has 0 bridgehead atoms. The van der Waals surface area contributed by atoms with Gasteiger partial charge in [-0.15, -0.1) is 0 Å². The number of halogens is 3. The fraction of sp³-hybridized carbons (Fsp3) is 0.0909. The Balaban J connectivity index is 2.27. The number of amides is 1. The predicted molar refractivity (Wildman–Crippen MR) is 70.3 cm³/mol. The molecule has 0 aliphatic carbocycles. The molecule has 0 spiro atoms. The van der Waals surface area contributed by atoms with Crippen LogP contribution in [-0.4, -0.2) is 15.7 Å². The number of hydrogen-bond acceptors (Lipinski definition) is 2. The third-order valence-corrected chi connectivity index (χ3v) is 3.06. The highest BCUT2D eigenvalue weighted by Crippen LogP contribution is 2.21. The highest BCUT2D eigenvalue weighted by molar-refractivity contribution is 9.10. The first-order valence-corrected chi connectivity index (χ1v) is 6.10. The zero-order chi connectivity index (χ0) is 13.3. The van der Waals surface area contributed by atoms with Gasteiger partial charge in [0.15, 0.2) is 0 Å². The second-order valence-corrected chi connectivity index (χ2v) is 4.87. The lowest BCUT2D eigenvalue weighted by atomic mass is 10.3. The fourth-order valence-corrected chi connectivity index (χ4v) is 2.02. The summed E-state index contributed by atoms with van der Waals surface area (Å²) in [5, 5.41) is 6.49. The normalized spacial score (nSPS) is 10.4. The second-order valence-electron chi connectivity index (χ2n) is 3.54. The third kappa shape index (κ3) is 2.54. The number of carbonyl (C=O) groups is 1. The van der Waals surface area contributed by atoms with Gasteiger partial charge in [-0.1, -0.05) is 27.5 Å². The van der Waals surface area contributed by atoms with Crippen molar-refractivity contribution < 1.29 is 9.18 Å². The number of nitrogens with zero attached hydrogens (tertiary/aromatic N) is 2. The number of aryl methyl sites for hydroxylation is 1. The van der Waals surface area contributed by atoms with Crippen LogP contribution in [0.15, 0.2) is 28.9 Å².